The van der Waals surface area contributed by atoms with Crippen LogP contribution in [0, 0.1) is 11.6 Å². The van der Waals surface area contributed by atoms with E-state index in [1.807, 2.05) is 36.4 Å². The van der Waals surface area contributed by atoms with Crippen molar-refractivity contribution in [1.82, 2.24) is 0 Å². The number of halogens is 2. The quantitative estimate of drug-likeness (QED) is 0.0871. The van der Waals surface area contributed by atoms with Gasteiger partial charge in [-0.05, 0) is 94.8 Å². The topological polar surface area (TPSA) is 46.2 Å². The van der Waals surface area contributed by atoms with Gasteiger partial charge in [0.2, 0.25) is 0 Å². The van der Waals surface area contributed by atoms with Crippen molar-refractivity contribution in [2.75, 3.05) is 14.2 Å². The van der Waals surface area contributed by atoms with E-state index in [0.717, 1.165) is 33.4 Å². The van der Waals surface area contributed by atoms with E-state index in [1.165, 1.54) is 12.1 Å². The van der Waals surface area contributed by atoms with E-state index in [2.05, 4.69) is 76.2 Å². The summed E-state index contributed by atoms with van der Waals surface area (Å²) in [5.41, 5.74) is 4.93. The molecule has 0 bridgehead atoms. The molecule has 5 nitrogen and oxygen atoms in total. The van der Waals surface area contributed by atoms with E-state index in [9.17, 15) is 0 Å². The highest BCUT2D eigenvalue weighted by molar-refractivity contribution is 5.39. The molecule has 6 aromatic carbocycles. The first kappa shape index (κ1) is 41.3. The van der Waals surface area contributed by atoms with Crippen LogP contribution in [0.1, 0.15) is 61.1 Å². The lowest BCUT2D eigenvalue weighted by Crippen LogP contribution is -2.46. The normalized spacial score (nSPS) is 12.9. The van der Waals surface area contributed by atoms with E-state index < -0.39 is 34.7 Å². The molecule has 6 aromatic rings. The summed E-state index contributed by atoms with van der Waals surface area (Å²) in [5.74, 6) is 0.480. The Morgan fingerprint density at radius 1 is 0.456 bits per heavy atom. The van der Waals surface area contributed by atoms with Gasteiger partial charge in [-0.2, -0.15) is 0 Å². The van der Waals surface area contributed by atoms with Crippen LogP contribution in [0.2, 0.25) is 0 Å². The molecule has 0 radical (unpaired) electrons. The second-order valence-electron chi connectivity index (χ2n) is 15.6. The molecule has 0 spiro atoms. The molecule has 296 valence electrons. The second-order valence-corrected chi connectivity index (χ2v) is 15.6. The van der Waals surface area contributed by atoms with Crippen LogP contribution in [0.4, 0.5) is 8.78 Å². The van der Waals surface area contributed by atoms with E-state index >= 15 is 8.78 Å². The first-order chi connectivity index (χ1) is 27.5. The molecular formula is C50H52F2O5. The number of rotatable bonds is 18. The summed E-state index contributed by atoms with van der Waals surface area (Å²) in [5, 5.41) is 0. The molecule has 0 aliphatic heterocycles. The van der Waals surface area contributed by atoms with Gasteiger partial charge in [-0.3, -0.25) is 0 Å². The fourth-order valence-electron chi connectivity index (χ4n) is 7.08. The number of ether oxygens (including phenoxy) is 5. The Morgan fingerprint density at radius 3 is 1.16 bits per heavy atom. The third kappa shape index (κ3) is 10.5. The van der Waals surface area contributed by atoms with Crippen molar-refractivity contribution in [1.29, 1.82) is 0 Å². The van der Waals surface area contributed by atoms with Gasteiger partial charge in [0, 0.05) is 25.0 Å². The lowest BCUT2D eigenvalue weighted by atomic mass is 9.74. The summed E-state index contributed by atoms with van der Waals surface area (Å²) >= 11 is 0. The maximum Gasteiger partial charge on any atom is 0.165 e. The molecule has 0 N–H and O–H groups in total. The van der Waals surface area contributed by atoms with Gasteiger partial charge in [-0.25, -0.2) is 8.78 Å². The van der Waals surface area contributed by atoms with Gasteiger partial charge >= 0.3 is 0 Å². The van der Waals surface area contributed by atoms with Crippen molar-refractivity contribution >= 4 is 0 Å². The summed E-state index contributed by atoms with van der Waals surface area (Å²) in [7, 11) is 3.37. The Morgan fingerprint density at radius 2 is 0.807 bits per heavy atom. The predicted octanol–water partition coefficient (Wildman–Crippen LogP) is 12.3. The SMILES string of the molecule is COCc1ccc(C(C)(C)C(Cc2ccc(F)c(Oc3ccccc3)c2)OC(Cc2ccc(F)c(Oc3ccccc3)c2)C(C)(C)c2ccc(COC)cc2)cc1. The minimum absolute atomic E-state index is 0.143. The predicted molar refractivity (Wildman–Crippen MR) is 222 cm³/mol. The Labute approximate surface area is 336 Å². The van der Waals surface area contributed by atoms with E-state index in [-0.39, 0.29) is 11.5 Å². The van der Waals surface area contributed by atoms with Crippen molar-refractivity contribution in [2.24, 2.45) is 0 Å². The highest BCUT2D eigenvalue weighted by Crippen LogP contribution is 2.39. The van der Waals surface area contributed by atoms with Crippen LogP contribution < -0.4 is 9.47 Å². The number of methoxy groups -OCH3 is 2. The summed E-state index contributed by atoms with van der Waals surface area (Å²) < 4.78 is 60.8. The maximum atomic E-state index is 15.3. The Kier molecular flexibility index (Phi) is 13.6. The molecule has 0 aliphatic carbocycles. The number of benzene rings is 6. The molecule has 57 heavy (non-hydrogen) atoms. The molecule has 0 aliphatic rings. The van der Waals surface area contributed by atoms with Gasteiger partial charge in [0.05, 0.1) is 25.4 Å². The second kappa shape index (κ2) is 18.7. The van der Waals surface area contributed by atoms with Crippen molar-refractivity contribution in [3.8, 4) is 23.0 Å². The molecule has 0 heterocycles. The fourth-order valence-corrected chi connectivity index (χ4v) is 7.08. The highest BCUT2D eigenvalue weighted by atomic mass is 19.1. The molecule has 7 heteroatoms. The van der Waals surface area contributed by atoms with Crippen LogP contribution in [0.15, 0.2) is 146 Å². The van der Waals surface area contributed by atoms with Gasteiger partial charge in [-0.1, -0.05) is 125 Å². The van der Waals surface area contributed by atoms with Gasteiger partial charge in [-0.15, -0.1) is 0 Å². The zero-order valence-corrected chi connectivity index (χ0v) is 33.6. The molecule has 6 rings (SSSR count). The lowest BCUT2D eigenvalue weighted by Gasteiger charge is -2.43. The van der Waals surface area contributed by atoms with Crippen LogP contribution in [0.5, 0.6) is 23.0 Å². The van der Waals surface area contributed by atoms with Crippen LogP contribution in [0.3, 0.4) is 0 Å². The standard InChI is InChI=1S/C50H52F2O5/c1-49(2,39-23-17-35(18-24-39)33-53-5)47(31-37-21-27-43(51)45(29-37)55-41-13-9-7-10-14-41)57-48(50(3,4)40-25-19-36(20-26-40)34-54-6)32-38-22-28-44(52)46(30-38)56-42-15-11-8-12-16-42/h7-30,47-48H,31-34H2,1-6H3. The number of para-hydroxylation sites is 2. The lowest BCUT2D eigenvalue weighted by molar-refractivity contribution is -0.0753. The van der Waals surface area contributed by atoms with Gasteiger partial charge in [0.15, 0.2) is 23.1 Å². The molecule has 0 saturated carbocycles. The van der Waals surface area contributed by atoms with Gasteiger partial charge in [0.1, 0.15) is 11.5 Å². The Bertz CT molecular complexity index is 2010. The molecule has 0 amide bonds. The van der Waals surface area contributed by atoms with Crippen LogP contribution in [-0.4, -0.2) is 26.4 Å². The van der Waals surface area contributed by atoms with Crippen molar-refractivity contribution in [3.05, 3.63) is 191 Å². The monoisotopic (exact) mass is 770 g/mol. The third-order valence-electron chi connectivity index (χ3n) is 10.7. The summed E-state index contributed by atoms with van der Waals surface area (Å²) in [4.78, 5) is 0. The van der Waals surface area contributed by atoms with E-state index in [4.69, 9.17) is 23.7 Å². The van der Waals surface area contributed by atoms with Gasteiger partial charge < -0.3 is 23.7 Å². The van der Waals surface area contributed by atoms with Crippen molar-refractivity contribution in [3.63, 3.8) is 0 Å². The fraction of sp³-hybridized carbons (Fsp3) is 0.280. The average Bonchev–Trinajstić information content (AvgIpc) is 3.21. The Balaban J connectivity index is 1.41. The maximum absolute atomic E-state index is 15.3. The van der Waals surface area contributed by atoms with Crippen LogP contribution in [-0.2, 0) is 51.1 Å². The zero-order chi connectivity index (χ0) is 40.4. The first-order valence-electron chi connectivity index (χ1n) is 19.3. The molecule has 2 atom stereocenters. The Hall–Kier alpha value is -5.34. The van der Waals surface area contributed by atoms with E-state index in [1.54, 1.807) is 62.8 Å². The summed E-state index contributed by atoms with van der Waals surface area (Å²) in [6, 6.07) is 45.2. The smallest absolute Gasteiger partial charge is 0.165 e. The highest BCUT2D eigenvalue weighted by Gasteiger charge is 2.40. The third-order valence-corrected chi connectivity index (χ3v) is 10.7. The summed E-state index contributed by atoms with van der Waals surface area (Å²) in [6.07, 6.45) is 0.0592. The van der Waals surface area contributed by atoms with Crippen LogP contribution in [0.25, 0.3) is 0 Å². The molecule has 0 saturated heterocycles. The largest absolute Gasteiger partial charge is 0.454 e. The molecule has 2 unspecified atom stereocenters. The minimum Gasteiger partial charge on any atom is -0.454 e. The van der Waals surface area contributed by atoms with Crippen molar-refractivity contribution in [2.45, 2.75) is 76.8 Å². The summed E-state index contributed by atoms with van der Waals surface area (Å²) in [6.45, 7) is 9.74. The molecule has 0 aromatic heterocycles. The van der Waals surface area contributed by atoms with E-state index in [0.29, 0.717) is 37.6 Å². The number of hydrogen-bond acceptors (Lipinski definition) is 5. The first-order valence-corrected chi connectivity index (χ1v) is 19.3. The van der Waals surface area contributed by atoms with Gasteiger partial charge in [0.25, 0.3) is 0 Å². The molecule has 0 fully saturated rings. The van der Waals surface area contributed by atoms with Crippen molar-refractivity contribution < 1.29 is 32.5 Å². The number of hydrogen-bond donors (Lipinski definition) is 0. The average molecular weight is 771 g/mol. The molecular weight excluding hydrogens is 719 g/mol. The van der Waals surface area contributed by atoms with Crippen LogP contribution >= 0.6 is 0 Å². The zero-order valence-electron chi connectivity index (χ0n) is 33.6. The minimum atomic E-state index is -0.540.